The van der Waals surface area contributed by atoms with Gasteiger partial charge >= 0.3 is 11.9 Å². The summed E-state index contributed by atoms with van der Waals surface area (Å²) >= 11 is 11.7. The van der Waals surface area contributed by atoms with E-state index in [0.29, 0.717) is 10.1 Å². The second kappa shape index (κ2) is 5.69. The Kier molecular flexibility index (Phi) is 4.25. The monoisotopic (exact) mass is 353 g/mol. The molecule has 0 saturated carbocycles. The minimum Gasteiger partial charge on any atom is -0.393 e. The standard InChI is InChI=1S/C12H8Cl2F3N3O2/c13-6-3-1-2-5(7(6)14)4-20-10(21)8(18)9(12(15,16)17)19-11(20)22/h1-3H,4,18H2,(H,19,22). The van der Waals surface area contributed by atoms with Crippen LogP contribution in [0.1, 0.15) is 11.3 Å². The van der Waals surface area contributed by atoms with Crippen LogP contribution >= 0.6 is 23.2 Å². The number of nitrogens with zero attached hydrogens (tertiary/aromatic N) is 1. The van der Waals surface area contributed by atoms with Gasteiger partial charge in [-0.1, -0.05) is 35.3 Å². The van der Waals surface area contributed by atoms with E-state index in [-0.39, 0.29) is 16.6 Å². The lowest BCUT2D eigenvalue weighted by molar-refractivity contribution is -0.140. The van der Waals surface area contributed by atoms with E-state index in [2.05, 4.69) is 0 Å². The number of benzene rings is 1. The first kappa shape index (κ1) is 16.4. The maximum absolute atomic E-state index is 12.6. The summed E-state index contributed by atoms with van der Waals surface area (Å²) in [6.45, 7) is -0.365. The third-order valence-electron chi connectivity index (χ3n) is 2.87. The Morgan fingerprint density at radius 2 is 1.86 bits per heavy atom. The van der Waals surface area contributed by atoms with E-state index in [1.807, 2.05) is 0 Å². The Hall–Kier alpha value is -1.93. The number of nitrogens with one attached hydrogen (secondary N) is 1. The maximum Gasteiger partial charge on any atom is 0.433 e. The van der Waals surface area contributed by atoms with Crippen LogP contribution in [0.2, 0.25) is 10.0 Å². The molecular formula is C12H8Cl2F3N3O2. The van der Waals surface area contributed by atoms with Crippen molar-refractivity contribution in [3.05, 3.63) is 60.3 Å². The van der Waals surface area contributed by atoms with Crippen molar-refractivity contribution in [1.82, 2.24) is 9.55 Å². The molecule has 1 aromatic carbocycles. The van der Waals surface area contributed by atoms with Gasteiger partial charge in [0, 0.05) is 0 Å². The van der Waals surface area contributed by atoms with Gasteiger partial charge in [-0.25, -0.2) is 4.79 Å². The first-order valence-electron chi connectivity index (χ1n) is 5.75. The highest BCUT2D eigenvalue weighted by molar-refractivity contribution is 6.42. The van der Waals surface area contributed by atoms with Crippen molar-refractivity contribution in [3.8, 4) is 0 Å². The van der Waals surface area contributed by atoms with Gasteiger partial charge < -0.3 is 10.7 Å². The van der Waals surface area contributed by atoms with Crippen molar-refractivity contribution in [3.63, 3.8) is 0 Å². The predicted molar refractivity (Wildman–Crippen MR) is 76.3 cm³/mol. The van der Waals surface area contributed by atoms with E-state index in [0.717, 1.165) is 0 Å². The summed E-state index contributed by atoms with van der Waals surface area (Å²) in [5, 5.41) is 0.275. The van der Waals surface area contributed by atoms with E-state index in [4.69, 9.17) is 28.9 Å². The van der Waals surface area contributed by atoms with Gasteiger partial charge in [-0.05, 0) is 11.6 Å². The number of halogens is 5. The highest BCUT2D eigenvalue weighted by Gasteiger charge is 2.36. The summed E-state index contributed by atoms with van der Waals surface area (Å²) in [5.41, 5.74) is 0.300. The molecule has 2 rings (SSSR count). The van der Waals surface area contributed by atoms with Crippen molar-refractivity contribution in [2.45, 2.75) is 12.7 Å². The largest absolute Gasteiger partial charge is 0.433 e. The van der Waals surface area contributed by atoms with Crippen molar-refractivity contribution < 1.29 is 13.2 Å². The molecule has 0 spiro atoms. The zero-order valence-corrected chi connectivity index (χ0v) is 12.2. The lowest BCUT2D eigenvalue weighted by atomic mass is 10.2. The van der Waals surface area contributed by atoms with Crippen molar-refractivity contribution >= 4 is 28.9 Å². The van der Waals surface area contributed by atoms with Gasteiger partial charge in [-0.3, -0.25) is 9.36 Å². The Labute approximate surface area is 131 Å². The van der Waals surface area contributed by atoms with Crippen LogP contribution in [0.4, 0.5) is 18.9 Å². The molecule has 0 aliphatic carbocycles. The zero-order chi connectivity index (χ0) is 16.7. The number of anilines is 1. The molecule has 0 bridgehead atoms. The highest BCUT2D eigenvalue weighted by Crippen LogP contribution is 2.29. The number of rotatable bonds is 2. The first-order valence-corrected chi connectivity index (χ1v) is 6.51. The fourth-order valence-electron chi connectivity index (χ4n) is 1.79. The third-order valence-corrected chi connectivity index (χ3v) is 3.72. The van der Waals surface area contributed by atoms with Crippen LogP contribution in [0.5, 0.6) is 0 Å². The van der Waals surface area contributed by atoms with Crippen LogP contribution in [0, 0.1) is 0 Å². The Morgan fingerprint density at radius 1 is 1.23 bits per heavy atom. The number of hydrogen-bond donors (Lipinski definition) is 2. The normalized spacial score (nSPS) is 11.7. The lowest BCUT2D eigenvalue weighted by Gasteiger charge is -2.12. The van der Waals surface area contributed by atoms with Gasteiger partial charge in [0.05, 0.1) is 16.6 Å². The van der Waals surface area contributed by atoms with Gasteiger partial charge in [0.25, 0.3) is 5.56 Å². The number of nitrogen functional groups attached to an aromatic ring is 1. The molecule has 0 atom stereocenters. The second-order valence-corrected chi connectivity index (χ2v) is 5.11. The molecule has 0 unspecified atom stereocenters. The van der Waals surface area contributed by atoms with Gasteiger partial charge in [0.2, 0.25) is 0 Å². The second-order valence-electron chi connectivity index (χ2n) is 4.32. The summed E-state index contributed by atoms with van der Waals surface area (Å²) in [5.74, 6) is 0. The summed E-state index contributed by atoms with van der Waals surface area (Å²) in [7, 11) is 0. The molecule has 0 saturated heterocycles. The van der Waals surface area contributed by atoms with Crippen LogP contribution in [0.3, 0.4) is 0 Å². The maximum atomic E-state index is 12.6. The fraction of sp³-hybridized carbons (Fsp3) is 0.167. The number of aromatic amines is 1. The summed E-state index contributed by atoms with van der Waals surface area (Å²) < 4.78 is 38.5. The minimum atomic E-state index is -4.94. The molecule has 0 radical (unpaired) electrons. The molecule has 10 heteroatoms. The van der Waals surface area contributed by atoms with Crippen molar-refractivity contribution in [2.75, 3.05) is 5.73 Å². The molecule has 0 fully saturated rings. The Balaban J connectivity index is 2.59. The van der Waals surface area contributed by atoms with Crippen LogP contribution in [-0.2, 0) is 12.7 Å². The average Bonchev–Trinajstić information content (AvgIpc) is 2.42. The molecule has 3 N–H and O–H groups in total. The molecule has 22 heavy (non-hydrogen) atoms. The van der Waals surface area contributed by atoms with E-state index < -0.39 is 28.8 Å². The molecule has 118 valence electrons. The van der Waals surface area contributed by atoms with Crippen molar-refractivity contribution in [2.24, 2.45) is 0 Å². The van der Waals surface area contributed by atoms with E-state index in [1.54, 1.807) is 4.98 Å². The molecule has 2 aromatic rings. The quantitative estimate of drug-likeness (QED) is 0.870. The van der Waals surface area contributed by atoms with Crippen LogP contribution in [-0.4, -0.2) is 9.55 Å². The molecule has 5 nitrogen and oxygen atoms in total. The van der Waals surface area contributed by atoms with Crippen LogP contribution in [0.15, 0.2) is 27.8 Å². The number of alkyl halides is 3. The summed E-state index contributed by atoms with van der Waals surface area (Å²) in [6, 6.07) is 4.49. The topological polar surface area (TPSA) is 80.9 Å². The number of H-pyrrole nitrogens is 1. The Bertz CT molecular complexity index is 843. The molecule has 0 amide bonds. The molecule has 0 aliphatic rings. The lowest BCUT2D eigenvalue weighted by Crippen LogP contribution is -2.39. The average molecular weight is 354 g/mol. The van der Waals surface area contributed by atoms with Crippen LogP contribution in [0.25, 0.3) is 0 Å². The number of hydrogen-bond acceptors (Lipinski definition) is 3. The zero-order valence-electron chi connectivity index (χ0n) is 10.7. The number of aromatic nitrogens is 2. The summed E-state index contributed by atoms with van der Waals surface area (Å²) in [6.07, 6.45) is -4.94. The summed E-state index contributed by atoms with van der Waals surface area (Å²) in [4.78, 5) is 25.2. The van der Waals surface area contributed by atoms with E-state index in [1.165, 1.54) is 18.2 Å². The van der Waals surface area contributed by atoms with E-state index in [9.17, 15) is 22.8 Å². The Morgan fingerprint density at radius 3 is 2.45 bits per heavy atom. The number of nitrogens with two attached hydrogens (primary N) is 1. The highest BCUT2D eigenvalue weighted by atomic mass is 35.5. The van der Waals surface area contributed by atoms with Gasteiger partial charge in [0.1, 0.15) is 5.69 Å². The molecule has 1 aromatic heterocycles. The van der Waals surface area contributed by atoms with Crippen LogP contribution < -0.4 is 17.0 Å². The smallest absolute Gasteiger partial charge is 0.393 e. The van der Waals surface area contributed by atoms with E-state index >= 15 is 0 Å². The molecular weight excluding hydrogens is 346 g/mol. The van der Waals surface area contributed by atoms with Gasteiger partial charge in [0.15, 0.2) is 5.69 Å². The predicted octanol–water partition coefficient (Wildman–Crippen LogP) is 2.49. The first-order chi connectivity index (χ1) is 10.1. The fourth-order valence-corrected chi connectivity index (χ4v) is 2.17. The SMILES string of the molecule is Nc1c(C(F)(F)F)[nH]c(=O)n(Cc2cccc(Cl)c2Cl)c1=O. The minimum absolute atomic E-state index is 0.0916. The third kappa shape index (κ3) is 2.97. The molecule has 1 heterocycles. The molecule has 0 aliphatic heterocycles. The van der Waals surface area contributed by atoms with Gasteiger partial charge in [-0.15, -0.1) is 0 Å². The van der Waals surface area contributed by atoms with Crippen molar-refractivity contribution in [1.29, 1.82) is 0 Å². The van der Waals surface area contributed by atoms with Gasteiger partial charge in [-0.2, -0.15) is 13.2 Å².